The van der Waals surface area contributed by atoms with E-state index in [1.807, 2.05) is 0 Å². The van der Waals surface area contributed by atoms with Crippen molar-refractivity contribution >= 4 is 45.5 Å². The van der Waals surface area contributed by atoms with Gasteiger partial charge in [-0.1, -0.05) is 42.5 Å². The first-order valence-corrected chi connectivity index (χ1v) is 12.6. The van der Waals surface area contributed by atoms with Gasteiger partial charge in [-0.25, -0.2) is 4.79 Å². The smallest absolute Gasteiger partial charge is 0.341 e. The van der Waals surface area contributed by atoms with E-state index in [2.05, 4.69) is 5.32 Å². The third-order valence-corrected chi connectivity index (χ3v) is 6.83. The number of amides is 1. The van der Waals surface area contributed by atoms with Gasteiger partial charge in [0.05, 0.1) is 11.5 Å². The molecule has 4 aromatic rings. The summed E-state index contributed by atoms with van der Waals surface area (Å²) in [6, 6.07) is 19.6. The second-order valence-corrected chi connectivity index (χ2v) is 9.54. The topological polar surface area (TPSA) is 133 Å². The lowest BCUT2D eigenvalue weighted by atomic mass is 10.00. The molecule has 1 heterocycles. The van der Waals surface area contributed by atoms with Crippen LogP contribution in [0.15, 0.2) is 78.9 Å². The Morgan fingerprint density at radius 2 is 1.41 bits per heavy atom. The third-order valence-electron chi connectivity index (χ3n) is 5.81. The van der Waals surface area contributed by atoms with Crippen LogP contribution in [-0.4, -0.2) is 35.0 Å². The summed E-state index contributed by atoms with van der Waals surface area (Å²) in [6.07, 6.45) is 0. The Morgan fingerprint density at radius 3 is 1.97 bits per heavy atom. The Bertz CT molecular complexity index is 1570. The molecule has 196 valence electrons. The van der Waals surface area contributed by atoms with Crippen LogP contribution in [0.5, 0.6) is 0 Å². The van der Waals surface area contributed by atoms with Crippen molar-refractivity contribution in [3.8, 4) is 11.1 Å². The molecule has 0 spiro atoms. The largest absolute Gasteiger partial charge is 0.462 e. The Balaban J connectivity index is 1.60. The number of carbonyl (C=O) groups is 4. The highest BCUT2D eigenvalue weighted by atomic mass is 32.1. The Kier molecular flexibility index (Phi) is 8.07. The first-order valence-electron chi connectivity index (χ1n) is 11.8. The highest BCUT2D eigenvalue weighted by molar-refractivity contribution is 7.17. The molecule has 0 saturated carbocycles. The maximum atomic E-state index is 13.1. The molecule has 1 N–H and O–H groups in total. The van der Waals surface area contributed by atoms with Crippen molar-refractivity contribution in [3.05, 3.63) is 116 Å². The van der Waals surface area contributed by atoms with E-state index in [4.69, 9.17) is 4.74 Å². The molecule has 4 rings (SSSR count). The highest BCUT2D eigenvalue weighted by Crippen LogP contribution is 2.41. The van der Waals surface area contributed by atoms with Crippen molar-refractivity contribution in [2.75, 3.05) is 11.9 Å². The standard InChI is InChI=1S/C29H22N2O7S/c1-3-38-29(35)24-23(18-13-15-22(16-14-18)31(36)37)17(2)39-28(24)30-27(34)21-11-9-20(10-12-21)26(33)25(32)19-7-5-4-6-8-19/h4-16H,3H2,1-2H3,(H,30,34). The van der Waals surface area contributed by atoms with Crippen LogP contribution in [-0.2, 0) is 4.74 Å². The fourth-order valence-electron chi connectivity index (χ4n) is 3.93. The molecule has 0 aliphatic rings. The van der Waals surface area contributed by atoms with E-state index in [9.17, 15) is 29.3 Å². The van der Waals surface area contributed by atoms with Gasteiger partial charge in [0.2, 0.25) is 11.6 Å². The lowest BCUT2D eigenvalue weighted by Gasteiger charge is -2.09. The number of nitrogens with zero attached hydrogens (tertiary/aromatic N) is 1. The van der Waals surface area contributed by atoms with Gasteiger partial charge < -0.3 is 10.1 Å². The number of carbonyl (C=O) groups excluding carboxylic acids is 4. The van der Waals surface area contributed by atoms with Crippen LogP contribution < -0.4 is 5.32 Å². The Labute approximate surface area is 227 Å². The number of aryl methyl sites for hydroxylation is 1. The van der Waals surface area contributed by atoms with Crippen LogP contribution in [0.4, 0.5) is 10.7 Å². The highest BCUT2D eigenvalue weighted by Gasteiger charge is 2.26. The first-order chi connectivity index (χ1) is 18.7. The van der Waals surface area contributed by atoms with Crippen LogP contribution in [0, 0.1) is 17.0 Å². The van der Waals surface area contributed by atoms with Gasteiger partial charge in [-0.2, -0.15) is 0 Å². The van der Waals surface area contributed by atoms with E-state index in [1.54, 1.807) is 44.2 Å². The van der Waals surface area contributed by atoms with E-state index in [0.717, 1.165) is 0 Å². The van der Waals surface area contributed by atoms with Gasteiger partial charge in [-0.15, -0.1) is 11.3 Å². The number of nitro groups is 1. The molecule has 0 unspecified atom stereocenters. The number of anilines is 1. The summed E-state index contributed by atoms with van der Waals surface area (Å²) < 4.78 is 5.23. The van der Waals surface area contributed by atoms with E-state index >= 15 is 0 Å². The number of esters is 1. The quantitative estimate of drug-likeness (QED) is 0.0885. The van der Waals surface area contributed by atoms with Gasteiger partial charge in [0.25, 0.3) is 11.6 Å². The van der Waals surface area contributed by atoms with Gasteiger partial charge in [-0.05, 0) is 43.7 Å². The normalized spacial score (nSPS) is 10.5. The zero-order valence-electron chi connectivity index (χ0n) is 20.9. The summed E-state index contributed by atoms with van der Waals surface area (Å²) in [5.41, 5.74) is 1.73. The number of hydrogen-bond donors (Lipinski definition) is 1. The minimum atomic E-state index is -0.695. The van der Waals surface area contributed by atoms with E-state index in [0.29, 0.717) is 16.0 Å². The minimum Gasteiger partial charge on any atom is -0.462 e. The molecule has 1 amide bonds. The fourth-order valence-corrected chi connectivity index (χ4v) is 4.99. The van der Waals surface area contributed by atoms with Crippen molar-refractivity contribution in [3.63, 3.8) is 0 Å². The molecule has 9 nitrogen and oxygen atoms in total. The number of nitrogens with one attached hydrogen (secondary N) is 1. The SMILES string of the molecule is CCOC(=O)c1c(NC(=O)c2ccc(C(=O)C(=O)c3ccccc3)cc2)sc(C)c1-c1ccc([N+](=O)[O-])cc1. The molecule has 3 aromatic carbocycles. The van der Waals surface area contributed by atoms with Crippen LogP contribution in [0.1, 0.15) is 53.2 Å². The molecule has 0 atom stereocenters. The van der Waals surface area contributed by atoms with Crippen LogP contribution in [0.3, 0.4) is 0 Å². The molecule has 0 aliphatic carbocycles. The summed E-state index contributed by atoms with van der Waals surface area (Å²) in [6.45, 7) is 3.54. The zero-order valence-corrected chi connectivity index (χ0v) is 21.7. The summed E-state index contributed by atoms with van der Waals surface area (Å²) in [5, 5.41) is 14.0. The monoisotopic (exact) mass is 542 g/mol. The van der Waals surface area contributed by atoms with Gasteiger partial charge in [-0.3, -0.25) is 24.5 Å². The predicted octanol–water partition coefficient (Wildman–Crippen LogP) is 6.13. The van der Waals surface area contributed by atoms with Gasteiger partial charge in [0, 0.05) is 39.3 Å². The molecule has 0 radical (unpaired) electrons. The second-order valence-electron chi connectivity index (χ2n) is 8.32. The summed E-state index contributed by atoms with van der Waals surface area (Å²) >= 11 is 1.17. The molecule has 0 bridgehead atoms. The Hall–Kier alpha value is -4.96. The third kappa shape index (κ3) is 5.81. The molecule has 39 heavy (non-hydrogen) atoms. The van der Waals surface area contributed by atoms with Crippen molar-refractivity contribution in [1.82, 2.24) is 0 Å². The Morgan fingerprint density at radius 1 is 0.846 bits per heavy atom. The lowest BCUT2D eigenvalue weighted by molar-refractivity contribution is -0.384. The molecule has 10 heteroatoms. The maximum Gasteiger partial charge on any atom is 0.341 e. The molecule has 0 fully saturated rings. The minimum absolute atomic E-state index is 0.0924. The van der Waals surface area contributed by atoms with Gasteiger partial charge in [0.15, 0.2) is 0 Å². The molecular formula is C29H22N2O7S. The number of thiophene rings is 1. The number of ketones is 2. The average molecular weight is 543 g/mol. The van der Waals surface area contributed by atoms with Crippen LogP contribution in [0.25, 0.3) is 11.1 Å². The summed E-state index contributed by atoms with van der Waals surface area (Å²) in [5.74, 6) is -2.53. The first kappa shape index (κ1) is 27.1. The van der Waals surface area contributed by atoms with Crippen molar-refractivity contribution < 1.29 is 28.8 Å². The number of ether oxygens (including phenoxy) is 1. The van der Waals surface area contributed by atoms with E-state index < -0.39 is 28.4 Å². The number of nitro benzene ring substituents is 1. The van der Waals surface area contributed by atoms with Crippen molar-refractivity contribution in [2.24, 2.45) is 0 Å². The maximum absolute atomic E-state index is 13.1. The number of rotatable bonds is 9. The molecule has 1 aromatic heterocycles. The summed E-state index contributed by atoms with van der Waals surface area (Å²) in [7, 11) is 0. The van der Waals surface area contributed by atoms with E-state index in [1.165, 1.54) is 59.9 Å². The van der Waals surface area contributed by atoms with E-state index in [-0.39, 0.29) is 39.5 Å². The predicted molar refractivity (Wildman–Crippen MR) is 147 cm³/mol. The van der Waals surface area contributed by atoms with Crippen LogP contribution >= 0.6 is 11.3 Å². The van der Waals surface area contributed by atoms with Crippen molar-refractivity contribution in [2.45, 2.75) is 13.8 Å². The number of non-ortho nitro benzene ring substituents is 1. The van der Waals surface area contributed by atoms with Gasteiger partial charge in [0.1, 0.15) is 10.6 Å². The second kappa shape index (κ2) is 11.6. The molecule has 0 saturated heterocycles. The molecule has 0 aliphatic heterocycles. The number of Topliss-reactive ketones (excluding diaryl/α,β-unsaturated/α-hetero) is 2. The van der Waals surface area contributed by atoms with Crippen LogP contribution in [0.2, 0.25) is 0 Å². The van der Waals surface area contributed by atoms with Gasteiger partial charge >= 0.3 is 5.97 Å². The zero-order chi connectivity index (χ0) is 28.1. The number of hydrogen-bond acceptors (Lipinski definition) is 8. The molecular weight excluding hydrogens is 520 g/mol. The lowest BCUT2D eigenvalue weighted by Crippen LogP contribution is -2.16. The van der Waals surface area contributed by atoms with Crippen molar-refractivity contribution in [1.29, 1.82) is 0 Å². The number of benzene rings is 3. The summed E-state index contributed by atoms with van der Waals surface area (Å²) in [4.78, 5) is 62.3. The fraction of sp³-hybridized carbons (Fsp3) is 0.103. The average Bonchev–Trinajstić information content (AvgIpc) is 3.28.